The van der Waals surface area contributed by atoms with Crippen molar-refractivity contribution in [1.82, 2.24) is 0 Å². The second kappa shape index (κ2) is 2.97. The molecular formula is C10H6BrNO. The van der Waals surface area contributed by atoms with Gasteiger partial charge >= 0.3 is 0 Å². The van der Waals surface area contributed by atoms with Crippen molar-refractivity contribution < 1.29 is 4.79 Å². The molecule has 0 spiro atoms. The van der Waals surface area contributed by atoms with Crippen LogP contribution in [0.25, 0.3) is 0 Å². The van der Waals surface area contributed by atoms with Crippen molar-refractivity contribution in [3.63, 3.8) is 0 Å². The van der Waals surface area contributed by atoms with Gasteiger partial charge in [0.1, 0.15) is 0 Å². The summed E-state index contributed by atoms with van der Waals surface area (Å²) in [5, 5.41) is 8.79. The Morgan fingerprint density at radius 1 is 1.54 bits per heavy atom. The Morgan fingerprint density at radius 2 is 2.31 bits per heavy atom. The zero-order valence-electron chi connectivity index (χ0n) is 6.75. The molecule has 1 atom stereocenters. The summed E-state index contributed by atoms with van der Waals surface area (Å²) in [6.07, 6.45) is 0.336. The van der Waals surface area contributed by atoms with Crippen LogP contribution >= 0.6 is 15.9 Å². The number of fused-ring (bicyclic) bond motifs is 1. The summed E-state index contributed by atoms with van der Waals surface area (Å²) in [5.41, 5.74) is 1.57. The number of carbonyl (C=O) groups is 1. The Labute approximate surface area is 84.3 Å². The Kier molecular flexibility index (Phi) is 1.93. The van der Waals surface area contributed by atoms with Crippen molar-refractivity contribution in [2.45, 2.75) is 12.3 Å². The van der Waals surface area contributed by atoms with Gasteiger partial charge in [-0.25, -0.2) is 0 Å². The number of nitrogens with zero attached hydrogens (tertiary/aromatic N) is 1. The molecule has 0 N–H and O–H groups in total. The SMILES string of the molecule is N#CC1CC(=O)c2cc(Br)ccc21. The summed E-state index contributed by atoms with van der Waals surface area (Å²) in [6.45, 7) is 0. The van der Waals surface area contributed by atoms with Gasteiger partial charge in [0.15, 0.2) is 5.78 Å². The maximum absolute atomic E-state index is 11.4. The zero-order chi connectivity index (χ0) is 9.42. The highest BCUT2D eigenvalue weighted by atomic mass is 79.9. The van der Waals surface area contributed by atoms with E-state index in [4.69, 9.17) is 5.26 Å². The molecule has 1 aliphatic rings. The summed E-state index contributed by atoms with van der Waals surface area (Å²) in [7, 11) is 0. The van der Waals surface area contributed by atoms with E-state index in [1.807, 2.05) is 12.1 Å². The number of nitriles is 1. The van der Waals surface area contributed by atoms with E-state index in [2.05, 4.69) is 22.0 Å². The second-order valence-corrected chi connectivity index (χ2v) is 3.96. The fraction of sp³-hybridized carbons (Fsp3) is 0.200. The highest BCUT2D eigenvalue weighted by molar-refractivity contribution is 9.10. The number of carbonyl (C=O) groups excluding carboxylic acids is 1. The Bertz CT molecular complexity index is 419. The lowest BCUT2D eigenvalue weighted by molar-refractivity contribution is 0.0992. The molecule has 1 aliphatic carbocycles. The summed E-state index contributed by atoms with van der Waals surface area (Å²) in [6, 6.07) is 7.63. The molecule has 0 amide bonds. The van der Waals surface area contributed by atoms with Crippen LogP contribution in [0.5, 0.6) is 0 Å². The van der Waals surface area contributed by atoms with Gasteiger partial charge in [-0.2, -0.15) is 5.26 Å². The van der Waals surface area contributed by atoms with Crippen LogP contribution in [-0.4, -0.2) is 5.78 Å². The Balaban J connectivity index is 2.60. The molecule has 2 rings (SSSR count). The first-order chi connectivity index (χ1) is 6.22. The molecule has 64 valence electrons. The molecule has 1 unspecified atom stereocenters. The van der Waals surface area contributed by atoms with E-state index >= 15 is 0 Å². The summed E-state index contributed by atoms with van der Waals surface area (Å²) in [4.78, 5) is 11.4. The molecule has 0 aromatic heterocycles. The molecule has 2 nitrogen and oxygen atoms in total. The molecule has 1 aromatic carbocycles. The van der Waals surface area contributed by atoms with Gasteiger partial charge in [-0.3, -0.25) is 4.79 Å². The third-order valence-corrected chi connectivity index (χ3v) is 2.73. The van der Waals surface area contributed by atoms with Crippen LogP contribution in [-0.2, 0) is 0 Å². The van der Waals surface area contributed by atoms with Gasteiger partial charge in [-0.05, 0) is 17.7 Å². The van der Waals surface area contributed by atoms with Crippen molar-refractivity contribution in [2.24, 2.45) is 0 Å². The van der Waals surface area contributed by atoms with E-state index in [1.54, 1.807) is 6.07 Å². The maximum Gasteiger partial charge on any atom is 0.164 e. The number of benzene rings is 1. The average molecular weight is 236 g/mol. The topological polar surface area (TPSA) is 40.9 Å². The normalized spacial score (nSPS) is 19.7. The van der Waals surface area contributed by atoms with Crippen molar-refractivity contribution in [3.05, 3.63) is 33.8 Å². The zero-order valence-corrected chi connectivity index (χ0v) is 8.34. The molecule has 0 aliphatic heterocycles. The van der Waals surface area contributed by atoms with Gasteiger partial charge in [0, 0.05) is 16.5 Å². The van der Waals surface area contributed by atoms with E-state index in [1.165, 1.54) is 0 Å². The summed E-state index contributed by atoms with van der Waals surface area (Å²) in [5.74, 6) is -0.168. The van der Waals surface area contributed by atoms with Gasteiger partial charge in [0.2, 0.25) is 0 Å². The highest BCUT2D eigenvalue weighted by Crippen LogP contribution is 2.33. The molecule has 0 heterocycles. The molecule has 0 fully saturated rings. The van der Waals surface area contributed by atoms with E-state index < -0.39 is 0 Å². The minimum absolute atomic E-state index is 0.0721. The number of halogens is 1. The molecule has 13 heavy (non-hydrogen) atoms. The van der Waals surface area contributed by atoms with Gasteiger partial charge in [0.25, 0.3) is 0 Å². The van der Waals surface area contributed by atoms with Crippen molar-refractivity contribution in [1.29, 1.82) is 5.26 Å². The minimum atomic E-state index is -0.240. The second-order valence-electron chi connectivity index (χ2n) is 3.04. The van der Waals surface area contributed by atoms with Crippen molar-refractivity contribution >= 4 is 21.7 Å². The Morgan fingerprint density at radius 3 is 3.00 bits per heavy atom. The monoisotopic (exact) mass is 235 g/mol. The van der Waals surface area contributed by atoms with Gasteiger partial charge in [-0.15, -0.1) is 0 Å². The van der Waals surface area contributed by atoms with E-state index in [0.29, 0.717) is 12.0 Å². The molecule has 3 heteroatoms. The summed E-state index contributed by atoms with van der Waals surface area (Å²) < 4.78 is 0.887. The number of Topliss-reactive ketones (excluding diaryl/α,β-unsaturated/α-hetero) is 1. The van der Waals surface area contributed by atoms with E-state index in [9.17, 15) is 4.79 Å². The third kappa shape index (κ3) is 1.27. The van der Waals surface area contributed by atoms with Crippen molar-refractivity contribution in [2.75, 3.05) is 0 Å². The van der Waals surface area contributed by atoms with Gasteiger partial charge in [0.05, 0.1) is 12.0 Å². The van der Waals surface area contributed by atoms with Crippen molar-refractivity contribution in [3.8, 4) is 6.07 Å². The summed E-state index contributed by atoms with van der Waals surface area (Å²) >= 11 is 3.30. The fourth-order valence-corrected chi connectivity index (χ4v) is 1.96. The molecule has 0 saturated heterocycles. The lowest BCUT2D eigenvalue weighted by atomic mass is 10.0. The molecule has 0 bridgehead atoms. The first kappa shape index (κ1) is 8.46. The number of hydrogen-bond acceptors (Lipinski definition) is 2. The van der Waals surface area contributed by atoms with Crippen LogP contribution < -0.4 is 0 Å². The number of ketones is 1. The predicted molar refractivity (Wildman–Crippen MR) is 51.4 cm³/mol. The molecule has 0 radical (unpaired) electrons. The quantitative estimate of drug-likeness (QED) is 0.694. The van der Waals surface area contributed by atoms with Crippen LogP contribution in [0.15, 0.2) is 22.7 Å². The van der Waals surface area contributed by atoms with Crippen LogP contribution in [0.2, 0.25) is 0 Å². The molecule has 0 saturated carbocycles. The first-order valence-electron chi connectivity index (χ1n) is 3.94. The van der Waals surface area contributed by atoms with E-state index in [-0.39, 0.29) is 11.7 Å². The van der Waals surface area contributed by atoms with Gasteiger partial charge in [-0.1, -0.05) is 22.0 Å². The standard InChI is InChI=1S/C10H6BrNO/c11-7-1-2-8-6(5-12)3-10(13)9(8)4-7/h1-2,4,6H,3H2. The smallest absolute Gasteiger partial charge is 0.164 e. The highest BCUT2D eigenvalue weighted by Gasteiger charge is 2.28. The van der Waals surface area contributed by atoms with E-state index in [0.717, 1.165) is 10.0 Å². The number of rotatable bonds is 0. The largest absolute Gasteiger partial charge is 0.294 e. The fourth-order valence-electron chi connectivity index (χ4n) is 1.59. The third-order valence-electron chi connectivity index (χ3n) is 2.24. The Hall–Kier alpha value is -1.14. The lowest BCUT2D eigenvalue weighted by Crippen LogP contribution is -1.90. The van der Waals surface area contributed by atoms with Crippen LogP contribution in [0.4, 0.5) is 0 Å². The first-order valence-corrected chi connectivity index (χ1v) is 4.74. The van der Waals surface area contributed by atoms with Gasteiger partial charge < -0.3 is 0 Å². The maximum atomic E-state index is 11.4. The molecule has 1 aromatic rings. The predicted octanol–water partition coefficient (Wildman–Crippen LogP) is 2.64. The number of hydrogen-bond donors (Lipinski definition) is 0. The minimum Gasteiger partial charge on any atom is -0.294 e. The van der Waals surface area contributed by atoms with Crippen LogP contribution in [0, 0.1) is 11.3 Å². The lowest BCUT2D eigenvalue weighted by Gasteiger charge is -1.99. The molecular weight excluding hydrogens is 230 g/mol. The average Bonchev–Trinajstić information content (AvgIpc) is 2.43. The van der Waals surface area contributed by atoms with Crippen LogP contribution in [0.3, 0.4) is 0 Å². The van der Waals surface area contributed by atoms with Crippen LogP contribution in [0.1, 0.15) is 28.3 Å².